The van der Waals surface area contributed by atoms with Gasteiger partial charge < -0.3 is 14.4 Å². The van der Waals surface area contributed by atoms with E-state index < -0.39 is 5.60 Å². The first kappa shape index (κ1) is 17.0. The van der Waals surface area contributed by atoms with Gasteiger partial charge in [0.15, 0.2) is 0 Å². The number of esters is 1. The number of carbonyl (C=O) groups excluding carboxylic acids is 1. The molecular formula is C20H27NO3. The molecule has 1 aliphatic carbocycles. The number of para-hydroxylation sites is 1. The predicted octanol–water partition coefficient (Wildman–Crippen LogP) is 4.24. The van der Waals surface area contributed by atoms with E-state index in [9.17, 15) is 9.90 Å². The summed E-state index contributed by atoms with van der Waals surface area (Å²) in [4.78, 5) is 12.3. The number of hydrogen-bond donors (Lipinski definition) is 1. The maximum absolute atomic E-state index is 12.3. The standard InChI is InChI=1S/C20H27NO3/c1-13(15-9-11-20(3,23)12-10-15)21-14(2)18(19(22)24-4)16-7-5-6-8-17(16)21/h5-8,13,15,23H,9-12H2,1-4H3/t13-,15?,20?/m1/s1. The first-order valence-electron chi connectivity index (χ1n) is 8.76. The van der Waals surface area contributed by atoms with Crippen LogP contribution in [0, 0.1) is 12.8 Å². The Bertz CT molecular complexity index is 750. The van der Waals surface area contributed by atoms with Crippen LogP contribution >= 0.6 is 0 Å². The number of aliphatic hydroxyl groups is 1. The third-order valence-electron chi connectivity index (χ3n) is 5.74. The lowest BCUT2D eigenvalue weighted by atomic mass is 9.77. The van der Waals surface area contributed by atoms with Crippen molar-refractivity contribution in [3.8, 4) is 0 Å². The van der Waals surface area contributed by atoms with Crippen molar-refractivity contribution in [3.63, 3.8) is 0 Å². The molecular weight excluding hydrogens is 302 g/mol. The molecule has 1 N–H and O–H groups in total. The number of benzene rings is 1. The van der Waals surface area contributed by atoms with Gasteiger partial charge in [-0.25, -0.2) is 4.79 Å². The summed E-state index contributed by atoms with van der Waals surface area (Å²) in [5.74, 6) is 0.228. The number of hydrogen-bond acceptors (Lipinski definition) is 3. The number of fused-ring (bicyclic) bond motifs is 1. The Morgan fingerprint density at radius 1 is 1.33 bits per heavy atom. The average Bonchev–Trinajstić information content (AvgIpc) is 2.85. The summed E-state index contributed by atoms with van der Waals surface area (Å²) in [7, 11) is 1.43. The van der Waals surface area contributed by atoms with Crippen LogP contribution in [-0.4, -0.2) is 28.4 Å². The molecule has 24 heavy (non-hydrogen) atoms. The summed E-state index contributed by atoms with van der Waals surface area (Å²) >= 11 is 0. The van der Waals surface area contributed by atoms with Crippen LogP contribution in [0.5, 0.6) is 0 Å². The normalized spacial score (nSPS) is 25.6. The third kappa shape index (κ3) is 2.84. The molecule has 1 saturated carbocycles. The van der Waals surface area contributed by atoms with Gasteiger partial charge in [0.05, 0.1) is 18.3 Å². The number of ether oxygens (including phenoxy) is 1. The van der Waals surface area contributed by atoms with E-state index >= 15 is 0 Å². The number of nitrogens with zero attached hydrogens (tertiary/aromatic N) is 1. The van der Waals surface area contributed by atoms with Crippen molar-refractivity contribution >= 4 is 16.9 Å². The number of rotatable bonds is 3. The van der Waals surface area contributed by atoms with E-state index in [-0.39, 0.29) is 12.0 Å². The summed E-state index contributed by atoms with van der Waals surface area (Å²) in [5.41, 5.74) is 2.19. The molecule has 0 amide bonds. The Kier molecular flexibility index (Phi) is 4.43. The summed E-state index contributed by atoms with van der Waals surface area (Å²) < 4.78 is 7.29. The van der Waals surface area contributed by atoms with Gasteiger partial charge in [-0.05, 0) is 58.4 Å². The van der Waals surface area contributed by atoms with Crippen LogP contribution in [0.25, 0.3) is 10.9 Å². The van der Waals surface area contributed by atoms with Gasteiger partial charge in [0.25, 0.3) is 0 Å². The molecule has 0 unspecified atom stereocenters. The molecule has 1 aromatic heterocycles. The molecule has 0 bridgehead atoms. The molecule has 1 atom stereocenters. The molecule has 4 nitrogen and oxygen atoms in total. The Morgan fingerprint density at radius 2 is 1.96 bits per heavy atom. The summed E-state index contributed by atoms with van der Waals surface area (Å²) in [6.45, 7) is 6.16. The average molecular weight is 329 g/mol. The van der Waals surface area contributed by atoms with Gasteiger partial charge in [-0.3, -0.25) is 0 Å². The molecule has 0 radical (unpaired) electrons. The lowest BCUT2D eigenvalue weighted by Gasteiger charge is -2.37. The fourth-order valence-electron chi connectivity index (χ4n) is 4.23. The van der Waals surface area contributed by atoms with E-state index in [2.05, 4.69) is 17.6 Å². The van der Waals surface area contributed by atoms with Gasteiger partial charge in [0, 0.05) is 22.6 Å². The van der Waals surface area contributed by atoms with E-state index in [0.717, 1.165) is 42.3 Å². The number of aromatic nitrogens is 1. The second-order valence-corrected chi connectivity index (χ2v) is 7.41. The van der Waals surface area contributed by atoms with Gasteiger partial charge >= 0.3 is 5.97 Å². The van der Waals surface area contributed by atoms with E-state index in [1.165, 1.54) is 7.11 Å². The fraction of sp³-hybridized carbons (Fsp3) is 0.550. The third-order valence-corrected chi connectivity index (χ3v) is 5.74. The highest BCUT2D eigenvalue weighted by Crippen LogP contribution is 2.40. The summed E-state index contributed by atoms with van der Waals surface area (Å²) in [6, 6.07) is 8.32. The van der Waals surface area contributed by atoms with Crippen LogP contribution < -0.4 is 0 Å². The van der Waals surface area contributed by atoms with Crippen molar-refractivity contribution in [2.24, 2.45) is 5.92 Å². The van der Waals surface area contributed by atoms with Crippen molar-refractivity contribution in [2.45, 2.75) is 58.1 Å². The zero-order valence-electron chi connectivity index (χ0n) is 15.0. The monoisotopic (exact) mass is 329 g/mol. The Hall–Kier alpha value is -1.81. The fourth-order valence-corrected chi connectivity index (χ4v) is 4.23. The second kappa shape index (κ2) is 6.25. The lowest BCUT2D eigenvalue weighted by Crippen LogP contribution is -2.33. The number of carbonyl (C=O) groups is 1. The van der Waals surface area contributed by atoms with E-state index in [1.807, 2.05) is 32.0 Å². The Labute approximate surface area is 143 Å². The topological polar surface area (TPSA) is 51.5 Å². The van der Waals surface area contributed by atoms with Gasteiger partial charge in [-0.2, -0.15) is 0 Å². The van der Waals surface area contributed by atoms with Gasteiger partial charge in [0.1, 0.15) is 0 Å². The van der Waals surface area contributed by atoms with Crippen molar-refractivity contribution in [3.05, 3.63) is 35.5 Å². The molecule has 2 aromatic rings. The molecule has 4 heteroatoms. The van der Waals surface area contributed by atoms with Crippen molar-refractivity contribution in [1.29, 1.82) is 0 Å². The highest BCUT2D eigenvalue weighted by molar-refractivity contribution is 6.05. The molecule has 1 heterocycles. The van der Waals surface area contributed by atoms with Crippen molar-refractivity contribution in [1.82, 2.24) is 4.57 Å². The van der Waals surface area contributed by atoms with Gasteiger partial charge in [-0.15, -0.1) is 0 Å². The molecule has 0 spiro atoms. The van der Waals surface area contributed by atoms with E-state index in [0.29, 0.717) is 11.5 Å². The molecule has 1 fully saturated rings. The second-order valence-electron chi connectivity index (χ2n) is 7.41. The molecule has 3 rings (SSSR count). The van der Waals surface area contributed by atoms with Crippen LogP contribution in [-0.2, 0) is 4.74 Å². The van der Waals surface area contributed by atoms with Crippen molar-refractivity contribution in [2.75, 3.05) is 7.11 Å². The summed E-state index contributed by atoms with van der Waals surface area (Å²) in [6.07, 6.45) is 3.69. The van der Waals surface area contributed by atoms with Crippen molar-refractivity contribution < 1.29 is 14.6 Å². The van der Waals surface area contributed by atoms with E-state index in [1.54, 1.807) is 0 Å². The maximum atomic E-state index is 12.3. The Balaban J connectivity index is 2.03. The van der Waals surface area contributed by atoms with Crippen LogP contribution in [0.4, 0.5) is 0 Å². The molecule has 1 aromatic carbocycles. The van der Waals surface area contributed by atoms with Gasteiger partial charge in [-0.1, -0.05) is 18.2 Å². The summed E-state index contributed by atoms with van der Waals surface area (Å²) in [5, 5.41) is 11.2. The lowest BCUT2D eigenvalue weighted by molar-refractivity contribution is 0.00153. The SMILES string of the molecule is COC(=O)c1c(C)n([C@H](C)C2CCC(C)(O)CC2)c2ccccc12. The molecule has 1 aliphatic rings. The van der Waals surface area contributed by atoms with Crippen LogP contribution in [0.2, 0.25) is 0 Å². The van der Waals surface area contributed by atoms with Crippen LogP contribution in [0.3, 0.4) is 0 Å². The van der Waals surface area contributed by atoms with E-state index in [4.69, 9.17) is 4.74 Å². The van der Waals surface area contributed by atoms with Gasteiger partial charge in [0.2, 0.25) is 0 Å². The molecule has 130 valence electrons. The minimum Gasteiger partial charge on any atom is -0.465 e. The quantitative estimate of drug-likeness (QED) is 0.857. The zero-order chi connectivity index (χ0) is 17.5. The minimum absolute atomic E-state index is 0.277. The first-order chi connectivity index (χ1) is 11.4. The highest BCUT2D eigenvalue weighted by atomic mass is 16.5. The Morgan fingerprint density at radius 3 is 2.58 bits per heavy atom. The number of methoxy groups -OCH3 is 1. The first-order valence-corrected chi connectivity index (χ1v) is 8.76. The molecule has 0 aliphatic heterocycles. The predicted molar refractivity (Wildman–Crippen MR) is 95.3 cm³/mol. The minimum atomic E-state index is -0.527. The maximum Gasteiger partial charge on any atom is 0.340 e. The van der Waals surface area contributed by atoms with Crippen LogP contribution in [0.1, 0.15) is 61.6 Å². The highest BCUT2D eigenvalue weighted by Gasteiger charge is 2.33. The largest absolute Gasteiger partial charge is 0.465 e. The van der Waals surface area contributed by atoms with Crippen LogP contribution in [0.15, 0.2) is 24.3 Å². The smallest absolute Gasteiger partial charge is 0.340 e. The zero-order valence-corrected chi connectivity index (χ0v) is 15.0. The molecule has 0 saturated heterocycles.